The summed E-state index contributed by atoms with van der Waals surface area (Å²) >= 11 is 1.78. The number of benzene rings is 2. The Bertz CT molecular complexity index is 1590. The lowest BCUT2D eigenvalue weighted by Gasteiger charge is -2.33. The van der Waals surface area contributed by atoms with Crippen LogP contribution in [0, 0.1) is 6.92 Å². The van der Waals surface area contributed by atoms with Crippen LogP contribution in [0.4, 0.5) is 18.9 Å². The van der Waals surface area contributed by atoms with Gasteiger partial charge in [0.15, 0.2) is 5.78 Å². The lowest BCUT2D eigenvalue weighted by atomic mass is 9.97. The molecule has 0 bridgehead atoms. The number of halogens is 3. The number of H-pyrrole nitrogens is 1. The van der Waals surface area contributed by atoms with Crippen LogP contribution in [0.2, 0.25) is 0 Å². The van der Waals surface area contributed by atoms with Gasteiger partial charge in [0.2, 0.25) is 0 Å². The van der Waals surface area contributed by atoms with Crippen molar-refractivity contribution in [1.82, 2.24) is 19.8 Å². The fourth-order valence-electron chi connectivity index (χ4n) is 5.37. The van der Waals surface area contributed by atoms with Gasteiger partial charge in [0.05, 0.1) is 5.56 Å². The normalized spacial score (nSPS) is 15.0. The summed E-state index contributed by atoms with van der Waals surface area (Å²) in [6.45, 7) is 10.1. The molecule has 5 rings (SSSR count). The second kappa shape index (κ2) is 13.1. The maximum absolute atomic E-state index is 14.1. The first kappa shape index (κ1) is 31.1. The Balaban J connectivity index is 1.31. The van der Waals surface area contributed by atoms with Crippen LogP contribution in [-0.4, -0.2) is 64.0 Å². The van der Waals surface area contributed by atoms with Crippen molar-refractivity contribution in [3.05, 3.63) is 88.2 Å². The van der Waals surface area contributed by atoms with Gasteiger partial charge in [-0.3, -0.25) is 9.69 Å². The predicted molar refractivity (Wildman–Crippen MR) is 168 cm³/mol. The molecule has 4 aromatic rings. The number of rotatable bonds is 10. The number of aromatic nitrogens is 2. The number of pyridine rings is 1. The first-order valence-corrected chi connectivity index (χ1v) is 15.4. The van der Waals surface area contributed by atoms with Gasteiger partial charge in [0.1, 0.15) is 5.65 Å². The summed E-state index contributed by atoms with van der Waals surface area (Å²) in [5, 5.41) is 4.93. The first-order valence-electron chi connectivity index (χ1n) is 14.6. The summed E-state index contributed by atoms with van der Waals surface area (Å²) in [6, 6.07) is 11.8. The highest BCUT2D eigenvalue weighted by Gasteiger charge is 2.34. The maximum Gasteiger partial charge on any atom is 0.416 e. The Kier molecular flexibility index (Phi) is 9.48. The number of carbonyl (C=O) groups is 1. The topological polar surface area (TPSA) is 64.3 Å². The zero-order chi connectivity index (χ0) is 30.7. The zero-order valence-electron chi connectivity index (χ0n) is 25.0. The Morgan fingerprint density at radius 3 is 2.56 bits per heavy atom. The molecule has 0 radical (unpaired) electrons. The van der Waals surface area contributed by atoms with E-state index in [2.05, 4.69) is 34.0 Å². The molecule has 0 unspecified atom stereocenters. The third kappa shape index (κ3) is 7.60. The number of aromatic amines is 1. The van der Waals surface area contributed by atoms with E-state index in [9.17, 15) is 18.0 Å². The molecule has 228 valence electrons. The molecular weight excluding hydrogens is 571 g/mol. The number of fused-ring (bicyclic) bond motifs is 1. The molecule has 0 atom stereocenters. The number of alkyl halides is 3. The number of piperazine rings is 1. The number of aryl methyl sites for hydroxylation is 1. The third-order valence-electron chi connectivity index (χ3n) is 7.83. The molecule has 43 heavy (non-hydrogen) atoms. The minimum atomic E-state index is -4.49. The Morgan fingerprint density at radius 1 is 1.07 bits per heavy atom. The molecule has 1 fully saturated rings. The van der Waals surface area contributed by atoms with Crippen LogP contribution in [0.15, 0.2) is 59.8 Å². The van der Waals surface area contributed by atoms with Gasteiger partial charge >= 0.3 is 6.18 Å². The first-order chi connectivity index (χ1) is 20.5. The van der Waals surface area contributed by atoms with Crippen molar-refractivity contribution in [1.29, 1.82) is 0 Å². The van der Waals surface area contributed by atoms with E-state index in [1.54, 1.807) is 30.0 Å². The Morgan fingerprint density at radius 2 is 1.84 bits per heavy atom. The molecule has 0 aliphatic carbocycles. The molecule has 3 heterocycles. The molecule has 0 spiro atoms. The van der Waals surface area contributed by atoms with Crippen LogP contribution >= 0.6 is 11.8 Å². The summed E-state index contributed by atoms with van der Waals surface area (Å²) < 4.78 is 42.2. The second-order valence-corrected chi connectivity index (χ2v) is 13.2. The van der Waals surface area contributed by atoms with Crippen molar-refractivity contribution >= 4 is 34.3 Å². The van der Waals surface area contributed by atoms with Crippen LogP contribution in [-0.2, 0) is 25.7 Å². The van der Waals surface area contributed by atoms with Crippen LogP contribution < -0.4 is 5.32 Å². The summed E-state index contributed by atoms with van der Waals surface area (Å²) in [7, 11) is 2.02. The number of anilines is 1. The number of nitrogens with zero attached hydrogens (tertiary/aromatic N) is 3. The molecule has 6 nitrogen and oxygen atoms in total. The number of nitrogens with one attached hydrogen (secondary N) is 2. The molecule has 2 aromatic heterocycles. The van der Waals surface area contributed by atoms with E-state index >= 15 is 0 Å². The molecule has 1 saturated heterocycles. The number of hydrogen-bond acceptors (Lipinski definition) is 6. The number of likely N-dealkylation sites (N-methyl/N-ethyl adjacent to an activating group) is 1. The summed E-state index contributed by atoms with van der Waals surface area (Å²) in [5.74, 6) is -0.227. The number of thioether (sulfide) groups is 1. The number of Topliss-reactive ketones (excluding diaryl/α,β-unsaturated/α-hetero) is 1. The molecule has 10 heteroatoms. The van der Waals surface area contributed by atoms with Gasteiger partial charge < -0.3 is 15.2 Å². The summed E-state index contributed by atoms with van der Waals surface area (Å²) in [4.78, 5) is 26.4. The third-order valence-corrected chi connectivity index (χ3v) is 9.02. The van der Waals surface area contributed by atoms with Gasteiger partial charge in [-0.25, -0.2) is 4.98 Å². The molecular formula is C33H38F3N5OS. The van der Waals surface area contributed by atoms with E-state index < -0.39 is 11.7 Å². The molecule has 2 aromatic carbocycles. The largest absolute Gasteiger partial charge is 0.416 e. The lowest BCUT2D eigenvalue weighted by Crippen LogP contribution is -2.44. The van der Waals surface area contributed by atoms with Crippen LogP contribution in [0.3, 0.4) is 0 Å². The molecule has 1 aliphatic rings. The predicted octanol–water partition coefficient (Wildman–Crippen LogP) is 7.18. The van der Waals surface area contributed by atoms with Crippen molar-refractivity contribution in [2.24, 2.45) is 0 Å². The highest BCUT2D eigenvalue weighted by Crippen LogP contribution is 2.35. The monoisotopic (exact) mass is 609 g/mol. The van der Waals surface area contributed by atoms with Gasteiger partial charge in [-0.1, -0.05) is 38.1 Å². The maximum atomic E-state index is 14.1. The lowest BCUT2D eigenvalue weighted by molar-refractivity contribution is -0.138. The van der Waals surface area contributed by atoms with Crippen molar-refractivity contribution < 1.29 is 18.0 Å². The van der Waals surface area contributed by atoms with Gasteiger partial charge in [0, 0.05) is 90.4 Å². The quantitative estimate of drug-likeness (QED) is 0.147. The van der Waals surface area contributed by atoms with Crippen molar-refractivity contribution in [2.45, 2.75) is 56.6 Å². The highest BCUT2D eigenvalue weighted by atomic mass is 32.2. The molecule has 1 aliphatic heterocycles. The van der Waals surface area contributed by atoms with Crippen LogP contribution in [0.5, 0.6) is 0 Å². The molecule has 0 amide bonds. The van der Waals surface area contributed by atoms with Crippen molar-refractivity contribution in [3.8, 4) is 0 Å². The van der Waals surface area contributed by atoms with Crippen LogP contribution in [0.25, 0.3) is 11.0 Å². The Labute approximate surface area is 255 Å². The average Bonchev–Trinajstić information content (AvgIpc) is 3.44. The number of hydrogen-bond donors (Lipinski definition) is 2. The minimum Gasteiger partial charge on any atom is -0.381 e. The fourth-order valence-corrected chi connectivity index (χ4v) is 6.41. The van der Waals surface area contributed by atoms with E-state index in [0.717, 1.165) is 65.0 Å². The summed E-state index contributed by atoms with van der Waals surface area (Å²) in [5.41, 5.74) is 4.07. The van der Waals surface area contributed by atoms with E-state index in [1.165, 1.54) is 6.07 Å². The van der Waals surface area contributed by atoms with Gasteiger partial charge in [0.25, 0.3) is 0 Å². The minimum absolute atomic E-state index is 0.108. The second-order valence-electron chi connectivity index (χ2n) is 11.6. The van der Waals surface area contributed by atoms with Crippen molar-refractivity contribution in [2.75, 3.05) is 38.5 Å². The standard InChI is InChI=1S/C33H38F3N5OS/c1-21(2)43-31-26(19-39-32-27(31)9-10-37-32)18-38-29-17-24(7-5-22(29)3)30(42)16-23-6-8-25(28(15-23)33(34,35)36)20-41-13-11-40(4)12-14-41/h5-10,15,17,19,21,38H,11-14,16,18,20H2,1-4H3,(H,37,39). The summed E-state index contributed by atoms with van der Waals surface area (Å²) in [6.07, 6.45) is -0.847. The fraction of sp³-hybridized carbons (Fsp3) is 0.394. The van der Waals surface area contributed by atoms with E-state index in [-0.39, 0.29) is 24.3 Å². The number of ketones is 1. The highest BCUT2D eigenvalue weighted by molar-refractivity contribution is 8.00. The van der Waals surface area contributed by atoms with Crippen LogP contribution in [0.1, 0.15) is 52.0 Å². The molecule has 2 N–H and O–H groups in total. The number of carbonyl (C=O) groups excluding carboxylic acids is 1. The van der Waals surface area contributed by atoms with Crippen molar-refractivity contribution in [3.63, 3.8) is 0 Å². The SMILES string of the molecule is Cc1ccc(C(=O)Cc2ccc(CN3CCN(C)CC3)c(C(F)(F)F)c2)cc1NCc1cnc2[nH]ccc2c1SC(C)C. The Hall–Kier alpha value is -3.34. The average molecular weight is 610 g/mol. The van der Waals surface area contributed by atoms with E-state index in [1.807, 2.05) is 43.4 Å². The smallest absolute Gasteiger partial charge is 0.381 e. The van der Waals surface area contributed by atoms with E-state index in [0.29, 0.717) is 22.9 Å². The zero-order valence-corrected chi connectivity index (χ0v) is 25.8. The van der Waals surface area contributed by atoms with Gasteiger partial charge in [-0.15, -0.1) is 11.8 Å². The van der Waals surface area contributed by atoms with E-state index in [4.69, 9.17) is 0 Å². The molecule has 0 saturated carbocycles. The van der Waals surface area contributed by atoms with Gasteiger partial charge in [-0.2, -0.15) is 13.2 Å². The van der Waals surface area contributed by atoms with Gasteiger partial charge in [-0.05, 0) is 48.9 Å².